The molecule has 0 rings (SSSR count). The van der Waals surface area contributed by atoms with Gasteiger partial charge in [-0.15, -0.1) is 0 Å². The number of carbonyl (C=O) groups excluding carboxylic acids is 3. The van der Waals surface area contributed by atoms with Gasteiger partial charge in [-0.2, -0.15) is 0 Å². The van der Waals surface area contributed by atoms with Gasteiger partial charge in [0.05, 0.1) is 0 Å². The van der Waals surface area contributed by atoms with Crippen LogP contribution in [0.4, 0.5) is 0 Å². The molecule has 0 amide bonds. The van der Waals surface area contributed by atoms with Gasteiger partial charge in [0.1, 0.15) is 13.2 Å². The second-order valence-corrected chi connectivity index (χ2v) is 22.0. The Morgan fingerprint density at radius 1 is 0.274 bits per heavy atom. The van der Waals surface area contributed by atoms with Crippen molar-refractivity contribution in [3.63, 3.8) is 0 Å². The van der Waals surface area contributed by atoms with E-state index in [4.69, 9.17) is 14.2 Å². The average Bonchev–Trinajstić information content (AvgIpc) is 3.39. The Bertz CT molecular complexity index is 1220. The molecular weight excluding hydrogens is 901 g/mol. The van der Waals surface area contributed by atoms with E-state index in [-0.39, 0.29) is 31.1 Å². The quantitative estimate of drug-likeness (QED) is 0.0261. The van der Waals surface area contributed by atoms with Gasteiger partial charge in [0.25, 0.3) is 0 Å². The van der Waals surface area contributed by atoms with E-state index in [1.54, 1.807) is 0 Å². The summed E-state index contributed by atoms with van der Waals surface area (Å²) >= 11 is 0. The molecule has 0 aromatic heterocycles. The monoisotopic (exact) mass is 1020 g/mol. The van der Waals surface area contributed by atoms with Crippen LogP contribution in [0.15, 0.2) is 36.5 Å². The molecule has 428 valence electrons. The lowest BCUT2D eigenvalue weighted by atomic mass is 10.0. The van der Waals surface area contributed by atoms with Crippen LogP contribution in [0.5, 0.6) is 0 Å². The summed E-state index contributed by atoms with van der Waals surface area (Å²) in [4.78, 5) is 38.1. The minimum absolute atomic E-state index is 0.0691. The molecule has 73 heavy (non-hydrogen) atoms. The summed E-state index contributed by atoms with van der Waals surface area (Å²) in [6.45, 7) is 6.64. The molecule has 0 bridgehead atoms. The highest BCUT2D eigenvalue weighted by Gasteiger charge is 2.19. The lowest BCUT2D eigenvalue weighted by Crippen LogP contribution is -2.30. The molecule has 0 aliphatic rings. The molecule has 0 N–H and O–H groups in total. The Balaban J connectivity index is 4.09. The van der Waals surface area contributed by atoms with E-state index in [0.717, 1.165) is 64.2 Å². The maximum absolute atomic E-state index is 12.9. The Labute approximate surface area is 455 Å². The van der Waals surface area contributed by atoms with Crippen molar-refractivity contribution in [2.75, 3.05) is 13.2 Å². The molecule has 6 nitrogen and oxygen atoms in total. The van der Waals surface area contributed by atoms with Crippen LogP contribution in [0.25, 0.3) is 0 Å². The first-order valence-electron chi connectivity index (χ1n) is 32.5. The van der Waals surface area contributed by atoms with Crippen LogP contribution < -0.4 is 0 Å². The van der Waals surface area contributed by atoms with E-state index in [9.17, 15) is 14.4 Å². The van der Waals surface area contributed by atoms with Gasteiger partial charge in [-0.05, 0) is 77.0 Å². The fourth-order valence-corrected chi connectivity index (χ4v) is 9.71. The van der Waals surface area contributed by atoms with Crippen molar-refractivity contribution in [2.45, 2.75) is 361 Å². The number of rotatable bonds is 60. The third-order valence-electron chi connectivity index (χ3n) is 14.6. The fraction of sp³-hybridized carbons (Fsp3) is 0.866. The van der Waals surface area contributed by atoms with Gasteiger partial charge in [0.2, 0.25) is 0 Å². The van der Waals surface area contributed by atoms with E-state index in [1.165, 1.54) is 250 Å². The van der Waals surface area contributed by atoms with Crippen LogP contribution in [-0.2, 0) is 28.6 Å². The third kappa shape index (κ3) is 60.4. The number of unbranched alkanes of at least 4 members (excludes halogenated alkanes) is 43. The molecular formula is C67H124O6. The molecule has 0 saturated heterocycles. The SMILES string of the molecule is CCCCCCC/C=C\C/C=C\CCCCCCCCCCCCCC(=O)OC(COC(=O)CCCCCCCCC)COC(=O)CCCCCCCCCCCCCCC/C=C\CCCCCCCCCC. The molecule has 0 aliphatic heterocycles. The first kappa shape index (κ1) is 70.6. The first-order valence-corrected chi connectivity index (χ1v) is 32.5. The molecule has 0 aliphatic carbocycles. The highest BCUT2D eigenvalue weighted by molar-refractivity contribution is 5.71. The minimum atomic E-state index is -0.769. The molecule has 0 saturated carbocycles. The zero-order chi connectivity index (χ0) is 52.9. The van der Waals surface area contributed by atoms with Crippen molar-refractivity contribution in [1.82, 2.24) is 0 Å². The first-order chi connectivity index (χ1) is 36.0. The Morgan fingerprint density at radius 2 is 0.493 bits per heavy atom. The zero-order valence-corrected chi connectivity index (χ0v) is 49.2. The van der Waals surface area contributed by atoms with Gasteiger partial charge in [-0.1, -0.05) is 295 Å². The van der Waals surface area contributed by atoms with Crippen molar-refractivity contribution >= 4 is 17.9 Å². The van der Waals surface area contributed by atoms with E-state index >= 15 is 0 Å². The van der Waals surface area contributed by atoms with Gasteiger partial charge in [-0.3, -0.25) is 14.4 Å². The average molecular weight is 1030 g/mol. The van der Waals surface area contributed by atoms with E-state index < -0.39 is 6.10 Å². The Morgan fingerprint density at radius 3 is 0.767 bits per heavy atom. The zero-order valence-electron chi connectivity index (χ0n) is 49.2. The van der Waals surface area contributed by atoms with Crippen molar-refractivity contribution in [3.8, 4) is 0 Å². The van der Waals surface area contributed by atoms with Crippen LogP contribution in [-0.4, -0.2) is 37.2 Å². The van der Waals surface area contributed by atoms with Gasteiger partial charge in [0.15, 0.2) is 6.10 Å². The molecule has 0 fully saturated rings. The van der Waals surface area contributed by atoms with Crippen LogP contribution in [0.1, 0.15) is 355 Å². The second-order valence-electron chi connectivity index (χ2n) is 22.0. The lowest BCUT2D eigenvalue weighted by Gasteiger charge is -2.18. The van der Waals surface area contributed by atoms with Gasteiger partial charge in [-0.25, -0.2) is 0 Å². The number of ether oxygens (including phenoxy) is 3. The van der Waals surface area contributed by atoms with Crippen LogP contribution in [0, 0.1) is 0 Å². The summed E-state index contributed by atoms with van der Waals surface area (Å²) in [6.07, 6.45) is 76.1. The van der Waals surface area contributed by atoms with Gasteiger partial charge in [0, 0.05) is 19.3 Å². The van der Waals surface area contributed by atoms with E-state index in [0.29, 0.717) is 19.3 Å². The predicted molar refractivity (Wildman–Crippen MR) is 316 cm³/mol. The molecule has 0 heterocycles. The maximum Gasteiger partial charge on any atom is 0.306 e. The van der Waals surface area contributed by atoms with Crippen molar-refractivity contribution < 1.29 is 28.6 Å². The molecule has 1 unspecified atom stereocenters. The van der Waals surface area contributed by atoms with Gasteiger partial charge >= 0.3 is 17.9 Å². The van der Waals surface area contributed by atoms with E-state index in [1.807, 2.05) is 0 Å². The number of hydrogen-bond donors (Lipinski definition) is 0. The fourth-order valence-electron chi connectivity index (χ4n) is 9.71. The highest BCUT2D eigenvalue weighted by atomic mass is 16.6. The largest absolute Gasteiger partial charge is 0.462 e. The summed E-state index contributed by atoms with van der Waals surface area (Å²) in [7, 11) is 0. The summed E-state index contributed by atoms with van der Waals surface area (Å²) in [5.74, 6) is -0.857. The Hall–Kier alpha value is -2.37. The topological polar surface area (TPSA) is 78.9 Å². The molecule has 0 radical (unpaired) electrons. The minimum Gasteiger partial charge on any atom is -0.462 e. The highest BCUT2D eigenvalue weighted by Crippen LogP contribution is 2.17. The summed E-state index contributed by atoms with van der Waals surface area (Å²) in [6, 6.07) is 0. The molecule has 1 atom stereocenters. The van der Waals surface area contributed by atoms with Gasteiger partial charge < -0.3 is 14.2 Å². The number of esters is 3. The number of hydrogen-bond acceptors (Lipinski definition) is 6. The number of carbonyl (C=O) groups is 3. The second kappa shape index (κ2) is 62.2. The summed E-state index contributed by atoms with van der Waals surface area (Å²) in [5.41, 5.74) is 0. The standard InChI is InChI=1S/C67H124O6/c1-4-7-10-13-16-18-20-22-24-26-28-30-32-33-35-36-38-40-42-44-46-48-51-54-57-60-66(69)72-63-64(62-71-65(68)59-56-53-50-15-12-9-6-3)73-67(70)61-58-55-52-49-47-45-43-41-39-37-34-31-29-27-25-23-21-19-17-14-11-8-5-2/h21,23,26-29,64H,4-20,22,24-25,30-63H2,1-3H3/b23-21-,28-26-,29-27-. The van der Waals surface area contributed by atoms with Crippen LogP contribution in [0.2, 0.25) is 0 Å². The summed E-state index contributed by atoms with van der Waals surface area (Å²) < 4.78 is 16.9. The smallest absolute Gasteiger partial charge is 0.306 e. The Kier molecular flexibility index (Phi) is 60.2. The molecule has 6 heteroatoms. The van der Waals surface area contributed by atoms with Crippen molar-refractivity contribution in [3.05, 3.63) is 36.5 Å². The van der Waals surface area contributed by atoms with E-state index in [2.05, 4.69) is 57.2 Å². The predicted octanol–water partition coefficient (Wildman–Crippen LogP) is 22.0. The van der Waals surface area contributed by atoms with Crippen LogP contribution in [0.3, 0.4) is 0 Å². The summed E-state index contributed by atoms with van der Waals surface area (Å²) in [5, 5.41) is 0. The normalized spacial score (nSPS) is 12.2. The van der Waals surface area contributed by atoms with Crippen LogP contribution >= 0.6 is 0 Å². The third-order valence-corrected chi connectivity index (χ3v) is 14.6. The maximum atomic E-state index is 12.9. The molecule has 0 aromatic rings. The molecule has 0 spiro atoms. The van der Waals surface area contributed by atoms with Crippen molar-refractivity contribution in [2.24, 2.45) is 0 Å². The lowest BCUT2D eigenvalue weighted by molar-refractivity contribution is -0.167. The molecule has 0 aromatic carbocycles. The number of allylic oxidation sites excluding steroid dienone is 6. The van der Waals surface area contributed by atoms with Crippen molar-refractivity contribution in [1.29, 1.82) is 0 Å².